The lowest BCUT2D eigenvalue weighted by Gasteiger charge is -2.40. The van der Waals surface area contributed by atoms with E-state index in [0.29, 0.717) is 6.04 Å². The lowest BCUT2D eigenvalue weighted by molar-refractivity contribution is 0.123. The van der Waals surface area contributed by atoms with Crippen molar-refractivity contribution >= 4 is 0 Å². The zero-order chi connectivity index (χ0) is 10.8. The molecule has 2 rings (SSSR count). The van der Waals surface area contributed by atoms with Gasteiger partial charge in [0.25, 0.3) is 0 Å². The molecule has 2 atom stereocenters. The highest BCUT2D eigenvalue weighted by Crippen LogP contribution is 2.33. The van der Waals surface area contributed by atoms with Gasteiger partial charge in [-0.1, -0.05) is 13.8 Å². The fourth-order valence-corrected chi connectivity index (χ4v) is 2.85. The highest BCUT2D eigenvalue weighted by Gasteiger charge is 2.30. The van der Waals surface area contributed by atoms with Crippen LogP contribution in [0.5, 0.6) is 0 Å². The molecule has 1 aliphatic heterocycles. The van der Waals surface area contributed by atoms with Crippen LogP contribution in [0.15, 0.2) is 12.3 Å². The second-order valence-corrected chi connectivity index (χ2v) is 4.59. The molecule has 0 saturated heterocycles. The normalized spacial score (nSPS) is 26.6. The lowest BCUT2D eigenvalue weighted by atomic mass is 9.93. The zero-order valence-corrected chi connectivity index (χ0v) is 10.1. The third-order valence-corrected chi connectivity index (χ3v) is 3.68. The number of nitrogens with zero attached hydrogens (tertiary/aromatic N) is 1. The number of rotatable bonds is 3. The molecule has 0 bridgehead atoms. The van der Waals surface area contributed by atoms with Crippen molar-refractivity contribution in [3.63, 3.8) is 0 Å². The number of aromatic nitrogens is 1. The van der Waals surface area contributed by atoms with Crippen LogP contribution in [-0.4, -0.2) is 22.5 Å². The van der Waals surface area contributed by atoms with E-state index in [4.69, 9.17) is 0 Å². The Morgan fingerprint density at radius 2 is 2.27 bits per heavy atom. The number of fused-ring (bicyclic) bond motifs is 1. The topological polar surface area (TPSA) is 19.0 Å². The Morgan fingerprint density at radius 3 is 2.93 bits per heavy atom. The third-order valence-electron chi connectivity index (χ3n) is 3.68. The molecule has 0 aliphatic carbocycles. The van der Waals surface area contributed by atoms with Crippen molar-refractivity contribution < 1.29 is 0 Å². The Hall–Kier alpha value is -0.760. The average Bonchev–Trinajstić information content (AvgIpc) is 2.70. The Labute approximate surface area is 92.7 Å². The summed E-state index contributed by atoms with van der Waals surface area (Å²) in [6, 6.07) is 3.56. The summed E-state index contributed by atoms with van der Waals surface area (Å²) in [6.45, 7) is 8.13. The van der Waals surface area contributed by atoms with Crippen molar-refractivity contribution in [2.24, 2.45) is 0 Å². The molecule has 15 heavy (non-hydrogen) atoms. The van der Waals surface area contributed by atoms with E-state index in [2.05, 4.69) is 42.9 Å². The van der Waals surface area contributed by atoms with Crippen LogP contribution in [0.4, 0.5) is 0 Å². The molecule has 2 heterocycles. The zero-order valence-electron chi connectivity index (χ0n) is 10.1. The van der Waals surface area contributed by atoms with Crippen LogP contribution < -0.4 is 0 Å². The second-order valence-electron chi connectivity index (χ2n) is 4.59. The molecule has 2 heteroatoms. The van der Waals surface area contributed by atoms with E-state index in [1.54, 1.807) is 0 Å². The van der Waals surface area contributed by atoms with Gasteiger partial charge in [-0.25, -0.2) is 0 Å². The molecule has 2 nitrogen and oxygen atoms in total. The van der Waals surface area contributed by atoms with Crippen LogP contribution in [0.1, 0.15) is 50.9 Å². The fourth-order valence-electron chi connectivity index (χ4n) is 2.85. The Balaban J connectivity index is 2.25. The quantitative estimate of drug-likeness (QED) is 0.805. The average molecular weight is 206 g/mol. The SMILES string of the molecule is CCCN1[C@@H](CC)Cc2[nH]ccc2[C@@H]1C. The first-order valence-electron chi connectivity index (χ1n) is 6.19. The molecule has 0 unspecified atom stereocenters. The van der Waals surface area contributed by atoms with Crippen LogP contribution in [0, 0.1) is 0 Å². The molecule has 0 fully saturated rings. The molecule has 0 aromatic carbocycles. The summed E-state index contributed by atoms with van der Waals surface area (Å²) < 4.78 is 0. The number of hydrogen-bond acceptors (Lipinski definition) is 1. The Kier molecular flexibility index (Phi) is 3.15. The van der Waals surface area contributed by atoms with Gasteiger partial charge in [-0.2, -0.15) is 0 Å². The number of H-pyrrole nitrogens is 1. The van der Waals surface area contributed by atoms with Gasteiger partial charge in [0.1, 0.15) is 0 Å². The van der Waals surface area contributed by atoms with Gasteiger partial charge in [0.2, 0.25) is 0 Å². The van der Waals surface area contributed by atoms with Crippen LogP contribution in [0.2, 0.25) is 0 Å². The molecule has 0 saturated carbocycles. The second kappa shape index (κ2) is 4.40. The largest absolute Gasteiger partial charge is 0.365 e. The standard InChI is InChI=1S/C13H22N2/c1-4-8-15-10(3)12-6-7-14-13(12)9-11(15)5-2/h6-7,10-11,14H,4-5,8-9H2,1-3H3/t10-,11-/m0/s1. The van der Waals surface area contributed by atoms with Gasteiger partial charge in [0.05, 0.1) is 0 Å². The van der Waals surface area contributed by atoms with Crippen LogP contribution >= 0.6 is 0 Å². The van der Waals surface area contributed by atoms with Crippen molar-refractivity contribution in [3.05, 3.63) is 23.5 Å². The molecule has 1 aliphatic rings. The molecule has 1 aromatic heterocycles. The van der Waals surface area contributed by atoms with Crippen molar-refractivity contribution in [3.8, 4) is 0 Å². The van der Waals surface area contributed by atoms with E-state index in [0.717, 1.165) is 6.04 Å². The van der Waals surface area contributed by atoms with E-state index in [1.807, 2.05) is 0 Å². The third kappa shape index (κ3) is 1.83. The summed E-state index contributed by atoms with van der Waals surface area (Å²) >= 11 is 0. The van der Waals surface area contributed by atoms with Gasteiger partial charge < -0.3 is 4.98 Å². The smallest absolute Gasteiger partial charge is 0.0340 e. The highest BCUT2D eigenvalue weighted by molar-refractivity contribution is 5.27. The Bertz CT molecular complexity index is 316. The summed E-state index contributed by atoms with van der Waals surface area (Å²) in [5.74, 6) is 0. The van der Waals surface area contributed by atoms with E-state index in [1.165, 1.54) is 37.1 Å². The summed E-state index contributed by atoms with van der Waals surface area (Å²) in [6.07, 6.45) is 5.79. The van der Waals surface area contributed by atoms with Gasteiger partial charge in [0.15, 0.2) is 0 Å². The summed E-state index contributed by atoms with van der Waals surface area (Å²) in [7, 11) is 0. The van der Waals surface area contributed by atoms with E-state index < -0.39 is 0 Å². The molecular formula is C13H22N2. The fraction of sp³-hybridized carbons (Fsp3) is 0.692. The minimum atomic E-state index is 0.588. The van der Waals surface area contributed by atoms with Gasteiger partial charge in [-0.3, -0.25) is 4.90 Å². The molecular weight excluding hydrogens is 184 g/mol. The summed E-state index contributed by atoms with van der Waals surface area (Å²) in [4.78, 5) is 6.05. The van der Waals surface area contributed by atoms with Gasteiger partial charge in [-0.15, -0.1) is 0 Å². The number of nitrogens with one attached hydrogen (secondary N) is 1. The number of hydrogen-bond donors (Lipinski definition) is 1. The molecule has 1 aromatic rings. The van der Waals surface area contributed by atoms with Crippen molar-refractivity contribution in [2.45, 2.75) is 52.1 Å². The maximum atomic E-state index is 3.39. The van der Waals surface area contributed by atoms with Crippen LogP contribution in [0.3, 0.4) is 0 Å². The van der Waals surface area contributed by atoms with Gasteiger partial charge >= 0.3 is 0 Å². The summed E-state index contributed by atoms with van der Waals surface area (Å²) in [5.41, 5.74) is 2.97. The van der Waals surface area contributed by atoms with Crippen LogP contribution in [-0.2, 0) is 6.42 Å². The Morgan fingerprint density at radius 1 is 1.47 bits per heavy atom. The first-order chi connectivity index (χ1) is 7.27. The predicted octanol–water partition coefficient (Wildman–Crippen LogP) is 3.12. The first-order valence-corrected chi connectivity index (χ1v) is 6.19. The summed E-state index contributed by atoms with van der Waals surface area (Å²) in [5, 5.41) is 0. The first kappa shape index (κ1) is 10.7. The monoisotopic (exact) mass is 206 g/mol. The van der Waals surface area contributed by atoms with Crippen molar-refractivity contribution in [2.75, 3.05) is 6.54 Å². The molecule has 0 amide bonds. The minimum Gasteiger partial charge on any atom is -0.365 e. The molecule has 84 valence electrons. The molecule has 0 radical (unpaired) electrons. The van der Waals surface area contributed by atoms with Gasteiger partial charge in [-0.05, 0) is 37.9 Å². The van der Waals surface area contributed by atoms with E-state index >= 15 is 0 Å². The van der Waals surface area contributed by atoms with E-state index in [9.17, 15) is 0 Å². The number of aromatic amines is 1. The van der Waals surface area contributed by atoms with Gasteiger partial charge in [0, 0.05) is 30.4 Å². The van der Waals surface area contributed by atoms with Crippen molar-refractivity contribution in [1.82, 2.24) is 9.88 Å². The minimum absolute atomic E-state index is 0.588. The molecule has 1 N–H and O–H groups in total. The van der Waals surface area contributed by atoms with Crippen LogP contribution in [0.25, 0.3) is 0 Å². The highest BCUT2D eigenvalue weighted by atomic mass is 15.2. The maximum Gasteiger partial charge on any atom is 0.0340 e. The predicted molar refractivity (Wildman–Crippen MR) is 64.0 cm³/mol. The molecule has 0 spiro atoms. The van der Waals surface area contributed by atoms with E-state index in [-0.39, 0.29) is 0 Å². The lowest BCUT2D eigenvalue weighted by Crippen LogP contribution is -2.42. The van der Waals surface area contributed by atoms with Crippen molar-refractivity contribution in [1.29, 1.82) is 0 Å². The maximum absolute atomic E-state index is 3.39.